The Hall–Kier alpha value is -3.28. The summed E-state index contributed by atoms with van der Waals surface area (Å²) in [5.41, 5.74) is 3.21. The summed E-state index contributed by atoms with van der Waals surface area (Å²) in [6, 6.07) is 10.8. The molecule has 0 fully saturated rings. The van der Waals surface area contributed by atoms with Gasteiger partial charge in [0.05, 0.1) is 9.82 Å². The summed E-state index contributed by atoms with van der Waals surface area (Å²) in [5, 5.41) is 12.1. The molecule has 1 aromatic heterocycles. The maximum atomic E-state index is 12.4. The molecule has 0 aliphatic rings. The summed E-state index contributed by atoms with van der Waals surface area (Å²) in [4.78, 5) is 20.4. The molecule has 0 aliphatic carbocycles. The maximum Gasteiger partial charge on any atom is 0.374 e. The zero-order chi connectivity index (χ0) is 21.9. The van der Waals surface area contributed by atoms with Crippen molar-refractivity contribution >= 4 is 33.1 Å². The maximum absolute atomic E-state index is 12.4. The van der Waals surface area contributed by atoms with Gasteiger partial charge in [-0.1, -0.05) is 29.3 Å². The predicted octanol–water partition coefficient (Wildman–Crippen LogP) is 3.75. The fourth-order valence-corrected chi connectivity index (χ4v) is 3.34. The minimum Gasteiger partial charge on any atom is -0.434 e. The van der Waals surface area contributed by atoms with Gasteiger partial charge in [0, 0.05) is 5.02 Å². The number of hydrazine groups is 1. The molecule has 30 heavy (non-hydrogen) atoms. The van der Waals surface area contributed by atoms with Gasteiger partial charge < -0.3 is 4.74 Å². The number of aryl methyl sites for hydroxylation is 2. The number of nitrogens with zero attached hydrogens (tertiary/aromatic N) is 3. The molecule has 10 nitrogen and oxygen atoms in total. The van der Waals surface area contributed by atoms with Crippen molar-refractivity contribution in [1.82, 2.24) is 14.8 Å². The smallest absolute Gasteiger partial charge is 0.374 e. The standard InChI is InChI=1S/C18H16ClN5O5S/c1-11-3-6-14(7-4-11)30(27,28)23-22-17-16(24(25)26)18(21-10-20-17)29-13-5-8-15(19)12(2)9-13/h3-10,23H,1-2H3,(H,20,21,22). The number of nitro groups is 1. The zero-order valence-corrected chi connectivity index (χ0v) is 17.4. The third-order valence-electron chi connectivity index (χ3n) is 3.95. The lowest BCUT2D eigenvalue weighted by atomic mass is 10.2. The number of halogens is 1. The number of benzene rings is 2. The number of rotatable bonds is 7. The molecule has 0 unspecified atom stereocenters. The van der Waals surface area contributed by atoms with E-state index in [1.165, 1.54) is 18.2 Å². The zero-order valence-electron chi connectivity index (χ0n) is 15.8. The van der Waals surface area contributed by atoms with E-state index in [1.54, 1.807) is 31.2 Å². The van der Waals surface area contributed by atoms with Crippen LogP contribution in [0.3, 0.4) is 0 Å². The van der Waals surface area contributed by atoms with E-state index in [1.807, 2.05) is 6.92 Å². The second-order valence-corrected chi connectivity index (χ2v) is 8.28. The van der Waals surface area contributed by atoms with E-state index in [0.29, 0.717) is 10.6 Å². The number of sulfonamides is 1. The fourth-order valence-electron chi connectivity index (χ4n) is 2.38. The molecule has 0 amide bonds. The number of aromatic nitrogens is 2. The molecule has 3 aromatic rings. The summed E-state index contributed by atoms with van der Waals surface area (Å²) in [6.07, 6.45) is 1.01. The molecule has 0 saturated heterocycles. The van der Waals surface area contributed by atoms with Gasteiger partial charge in [0.15, 0.2) is 0 Å². The number of nitrogens with one attached hydrogen (secondary N) is 2. The van der Waals surface area contributed by atoms with Gasteiger partial charge in [0.1, 0.15) is 12.1 Å². The van der Waals surface area contributed by atoms with Gasteiger partial charge >= 0.3 is 11.6 Å². The van der Waals surface area contributed by atoms with Gasteiger partial charge in [0.2, 0.25) is 5.82 Å². The van der Waals surface area contributed by atoms with Gasteiger partial charge in [-0.25, -0.2) is 13.4 Å². The van der Waals surface area contributed by atoms with Crippen LogP contribution in [0.15, 0.2) is 53.7 Å². The summed E-state index contributed by atoms with van der Waals surface area (Å²) in [7, 11) is -4.00. The lowest BCUT2D eigenvalue weighted by molar-refractivity contribution is -0.385. The highest BCUT2D eigenvalue weighted by Gasteiger charge is 2.26. The number of ether oxygens (including phenoxy) is 1. The van der Waals surface area contributed by atoms with Crippen molar-refractivity contribution in [2.45, 2.75) is 18.7 Å². The predicted molar refractivity (Wildman–Crippen MR) is 110 cm³/mol. The highest BCUT2D eigenvalue weighted by atomic mass is 35.5. The monoisotopic (exact) mass is 449 g/mol. The Balaban J connectivity index is 1.88. The molecular weight excluding hydrogens is 434 g/mol. The minimum absolute atomic E-state index is 0.0228. The van der Waals surface area contributed by atoms with E-state index < -0.39 is 20.6 Å². The van der Waals surface area contributed by atoms with E-state index >= 15 is 0 Å². The summed E-state index contributed by atoms with van der Waals surface area (Å²) in [6.45, 7) is 3.56. The van der Waals surface area contributed by atoms with Crippen LogP contribution in [0, 0.1) is 24.0 Å². The molecule has 0 aliphatic heterocycles. The van der Waals surface area contributed by atoms with Crippen molar-refractivity contribution in [3.63, 3.8) is 0 Å². The second kappa shape index (κ2) is 8.61. The van der Waals surface area contributed by atoms with Gasteiger partial charge in [0.25, 0.3) is 10.0 Å². The van der Waals surface area contributed by atoms with Gasteiger partial charge in [-0.3, -0.25) is 15.5 Å². The Morgan fingerprint density at radius 3 is 2.43 bits per heavy atom. The van der Waals surface area contributed by atoms with Crippen LogP contribution in [0.5, 0.6) is 11.6 Å². The van der Waals surface area contributed by atoms with Gasteiger partial charge in [-0.05, 0) is 49.7 Å². The topological polar surface area (TPSA) is 136 Å². The van der Waals surface area contributed by atoms with Crippen LogP contribution in [0.25, 0.3) is 0 Å². The Kier molecular flexibility index (Phi) is 6.15. The van der Waals surface area contributed by atoms with Gasteiger partial charge in [-0.15, -0.1) is 4.83 Å². The Morgan fingerprint density at radius 2 is 1.80 bits per heavy atom. The molecule has 156 valence electrons. The Morgan fingerprint density at radius 1 is 1.10 bits per heavy atom. The normalized spacial score (nSPS) is 11.2. The first-order valence-corrected chi connectivity index (χ1v) is 10.3. The molecule has 0 saturated carbocycles. The van der Waals surface area contributed by atoms with E-state index in [9.17, 15) is 18.5 Å². The van der Waals surface area contributed by atoms with E-state index in [4.69, 9.17) is 16.3 Å². The largest absolute Gasteiger partial charge is 0.434 e. The lowest BCUT2D eigenvalue weighted by Crippen LogP contribution is -2.30. The van der Waals surface area contributed by atoms with Gasteiger partial charge in [-0.2, -0.15) is 4.98 Å². The first-order valence-electron chi connectivity index (χ1n) is 8.45. The minimum atomic E-state index is -4.00. The van der Waals surface area contributed by atoms with E-state index in [-0.39, 0.29) is 22.3 Å². The summed E-state index contributed by atoms with van der Waals surface area (Å²) >= 11 is 5.97. The third kappa shape index (κ3) is 4.82. The average Bonchev–Trinajstić information content (AvgIpc) is 2.69. The number of anilines is 1. The third-order valence-corrected chi connectivity index (χ3v) is 5.64. The average molecular weight is 450 g/mol. The van der Waals surface area contributed by atoms with Crippen molar-refractivity contribution in [1.29, 1.82) is 0 Å². The molecule has 2 aromatic carbocycles. The van der Waals surface area contributed by atoms with Crippen molar-refractivity contribution in [3.8, 4) is 11.6 Å². The molecule has 1 heterocycles. The van der Waals surface area contributed by atoms with Crippen molar-refractivity contribution < 1.29 is 18.1 Å². The molecule has 0 atom stereocenters. The SMILES string of the molecule is Cc1ccc(S(=O)(=O)NNc2ncnc(Oc3ccc(Cl)c(C)c3)c2[N+](=O)[O-])cc1. The first-order chi connectivity index (χ1) is 14.2. The lowest BCUT2D eigenvalue weighted by Gasteiger charge is -2.11. The van der Waals surface area contributed by atoms with Crippen LogP contribution in [-0.2, 0) is 10.0 Å². The molecular formula is C18H16ClN5O5S. The van der Waals surface area contributed by atoms with Crippen molar-refractivity contribution in [3.05, 3.63) is 75.1 Å². The first kappa shape index (κ1) is 21.4. The Labute approximate surface area is 177 Å². The number of hydrogen-bond acceptors (Lipinski definition) is 8. The fraction of sp³-hybridized carbons (Fsp3) is 0.111. The Bertz CT molecular complexity index is 1200. The van der Waals surface area contributed by atoms with Crippen LogP contribution in [0.2, 0.25) is 5.02 Å². The van der Waals surface area contributed by atoms with Crippen LogP contribution in [-0.4, -0.2) is 23.3 Å². The van der Waals surface area contributed by atoms with E-state index in [2.05, 4.69) is 20.2 Å². The highest BCUT2D eigenvalue weighted by molar-refractivity contribution is 7.89. The molecule has 2 N–H and O–H groups in total. The molecule has 12 heteroatoms. The van der Waals surface area contributed by atoms with E-state index in [0.717, 1.165) is 11.9 Å². The van der Waals surface area contributed by atoms with Crippen molar-refractivity contribution in [2.24, 2.45) is 0 Å². The molecule has 0 bridgehead atoms. The van der Waals surface area contributed by atoms with Crippen LogP contribution in [0.4, 0.5) is 11.5 Å². The van der Waals surface area contributed by atoms with Crippen LogP contribution >= 0.6 is 11.6 Å². The molecule has 0 spiro atoms. The quantitative estimate of drug-likeness (QED) is 0.411. The molecule has 0 radical (unpaired) electrons. The highest BCUT2D eigenvalue weighted by Crippen LogP contribution is 2.34. The van der Waals surface area contributed by atoms with Crippen molar-refractivity contribution in [2.75, 3.05) is 5.43 Å². The number of hydrogen-bond donors (Lipinski definition) is 2. The summed E-state index contributed by atoms with van der Waals surface area (Å²) < 4.78 is 30.3. The molecule has 3 rings (SSSR count). The van der Waals surface area contributed by atoms with Crippen LogP contribution in [0.1, 0.15) is 11.1 Å². The summed E-state index contributed by atoms with van der Waals surface area (Å²) in [5.74, 6) is -0.481. The second-order valence-electron chi connectivity index (χ2n) is 6.19. The van der Waals surface area contributed by atoms with Crippen LogP contribution < -0.4 is 15.0 Å².